The van der Waals surface area contributed by atoms with Crippen molar-refractivity contribution in [2.45, 2.75) is 19.4 Å². The lowest BCUT2D eigenvalue weighted by Gasteiger charge is -2.12. The molecule has 0 aromatic heterocycles. The number of carbonyl (C=O) groups is 1. The van der Waals surface area contributed by atoms with Crippen LogP contribution in [0.25, 0.3) is 0 Å². The van der Waals surface area contributed by atoms with Crippen LogP contribution in [0.4, 0.5) is 0 Å². The molecule has 1 amide bonds. The van der Waals surface area contributed by atoms with Crippen LogP contribution < -0.4 is 11.1 Å². The van der Waals surface area contributed by atoms with E-state index >= 15 is 0 Å². The highest BCUT2D eigenvalue weighted by atomic mass is 32.2. The van der Waals surface area contributed by atoms with E-state index in [4.69, 9.17) is 5.73 Å². The first-order valence-corrected chi connectivity index (χ1v) is 5.13. The molecule has 0 radical (unpaired) electrons. The first-order chi connectivity index (χ1) is 5.22. The molecule has 0 aliphatic carbocycles. The quantitative estimate of drug-likeness (QED) is 0.608. The van der Waals surface area contributed by atoms with Crippen LogP contribution in [0.3, 0.4) is 0 Å². The van der Waals surface area contributed by atoms with Gasteiger partial charge in [0.25, 0.3) is 0 Å². The second kappa shape index (κ2) is 6.49. The van der Waals surface area contributed by atoms with Crippen LogP contribution in [-0.4, -0.2) is 30.5 Å². The van der Waals surface area contributed by atoms with Gasteiger partial charge in [-0.2, -0.15) is 11.8 Å². The second-order valence-corrected chi connectivity index (χ2v) is 3.28. The van der Waals surface area contributed by atoms with Crippen molar-refractivity contribution >= 4 is 17.7 Å². The van der Waals surface area contributed by atoms with E-state index in [1.807, 2.05) is 6.26 Å². The summed E-state index contributed by atoms with van der Waals surface area (Å²) in [6.07, 6.45) is 2.99. The second-order valence-electron chi connectivity index (χ2n) is 2.36. The van der Waals surface area contributed by atoms with Crippen molar-refractivity contribution < 1.29 is 4.79 Å². The summed E-state index contributed by atoms with van der Waals surface area (Å²) < 4.78 is 0. The molecule has 0 heterocycles. The molecule has 0 spiro atoms. The van der Waals surface area contributed by atoms with E-state index in [1.54, 1.807) is 11.8 Å². The molecule has 1 atom stereocenters. The lowest BCUT2D eigenvalue weighted by molar-refractivity contribution is -0.119. The Morgan fingerprint density at radius 1 is 1.73 bits per heavy atom. The van der Waals surface area contributed by atoms with Crippen molar-refractivity contribution in [3.63, 3.8) is 0 Å². The first-order valence-electron chi connectivity index (χ1n) is 3.74. The van der Waals surface area contributed by atoms with E-state index in [0.29, 0.717) is 0 Å². The maximum atomic E-state index is 10.7. The van der Waals surface area contributed by atoms with Gasteiger partial charge in [-0.15, -0.1) is 0 Å². The van der Waals surface area contributed by atoms with Crippen molar-refractivity contribution in [3.05, 3.63) is 0 Å². The lowest BCUT2D eigenvalue weighted by atomic mass is 10.3. The number of thioether (sulfide) groups is 1. The molecule has 0 bridgehead atoms. The number of hydrogen-bond donors (Lipinski definition) is 2. The van der Waals surface area contributed by atoms with Gasteiger partial charge in [0.1, 0.15) is 0 Å². The molecule has 0 fully saturated rings. The minimum Gasteiger partial charge on any atom is -0.368 e. The summed E-state index contributed by atoms with van der Waals surface area (Å²) in [5.41, 5.74) is 5.15. The van der Waals surface area contributed by atoms with Crippen molar-refractivity contribution in [3.8, 4) is 0 Å². The Kier molecular flexibility index (Phi) is 6.36. The predicted octanol–water partition coefficient (Wildman–Crippen LogP) is 0.203. The summed E-state index contributed by atoms with van der Waals surface area (Å²) in [7, 11) is 0. The molecule has 1 unspecified atom stereocenters. The minimum atomic E-state index is -0.257. The van der Waals surface area contributed by atoms with Crippen LogP contribution in [0.1, 0.15) is 13.3 Å². The SMILES string of the molecule is CCCNC(CSC)C(N)=O. The number of primary amides is 1. The maximum Gasteiger partial charge on any atom is 0.235 e. The Hall–Kier alpha value is -0.220. The highest BCUT2D eigenvalue weighted by Crippen LogP contribution is 1.96. The van der Waals surface area contributed by atoms with Gasteiger partial charge in [0.05, 0.1) is 6.04 Å². The van der Waals surface area contributed by atoms with Crippen molar-refractivity contribution in [2.75, 3.05) is 18.6 Å². The molecular formula is C7H16N2OS. The molecular weight excluding hydrogens is 160 g/mol. The van der Waals surface area contributed by atoms with E-state index in [-0.39, 0.29) is 11.9 Å². The Morgan fingerprint density at radius 3 is 2.73 bits per heavy atom. The number of rotatable bonds is 6. The van der Waals surface area contributed by atoms with Crippen molar-refractivity contribution in [2.24, 2.45) is 5.73 Å². The van der Waals surface area contributed by atoms with E-state index in [0.717, 1.165) is 18.7 Å². The van der Waals surface area contributed by atoms with Gasteiger partial charge in [-0.1, -0.05) is 6.92 Å². The zero-order valence-electron chi connectivity index (χ0n) is 7.09. The van der Waals surface area contributed by atoms with E-state index in [1.165, 1.54) is 0 Å². The summed E-state index contributed by atoms with van der Waals surface area (Å²) in [6.45, 7) is 2.91. The molecule has 11 heavy (non-hydrogen) atoms. The van der Waals surface area contributed by atoms with Gasteiger partial charge in [0.2, 0.25) is 5.91 Å². The molecule has 0 aliphatic rings. The van der Waals surface area contributed by atoms with Crippen LogP contribution in [-0.2, 0) is 4.79 Å². The highest BCUT2D eigenvalue weighted by molar-refractivity contribution is 7.98. The standard InChI is InChI=1S/C7H16N2OS/c1-3-4-9-6(5-11-2)7(8)10/h6,9H,3-5H2,1-2H3,(H2,8,10). The fourth-order valence-electron chi connectivity index (χ4n) is 0.727. The van der Waals surface area contributed by atoms with E-state index in [2.05, 4.69) is 12.2 Å². The summed E-state index contributed by atoms with van der Waals surface area (Å²) in [4.78, 5) is 10.7. The molecule has 0 saturated carbocycles. The summed E-state index contributed by atoms with van der Waals surface area (Å²) >= 11 is 1.63. The van der Waals surface area contributed by atoms with Gasteiger partial charge in [-0.3, -0.25) is 4.79 Å². The topological polar surface area (TPSA) is 55.1 Å². The zero-order chi connectivity index (χ0) is 8.69. The third-order valence-corrected chi connectivity index (χ3v) is 1.98. The van der Waals surface area contributed by atoms with Crippen molar-refractivity contribution in [1.82, 2.24) is 5.32 Å². The Morgan fingerprint density at radius 2 is 2.36 bits per heavy atom. The number of nitrogens with one attached hydrogen (secondary N) is 1. The van der Waals surface area contributed by atoms with Gasteiger partial charge < -0.3 is 11.1 Å². The largest absolute Gasteiger partial charge is 0.368 e. The van der Waals surface area contributed by atoms with Crippen LogP contribution in [0, 0.1) is 0 Å². The molecule has 66 valence electrons. The summed E-state index contributed by atoms with van der Waals surface area (Å²) in [6, 6.07) is -0.162. The third kappa shape index (κ3) is 5.09. The molecule has 3 N–H and O–H groups in total. The normalized spacial score (nSPS) is 12.9. The maximum absolute atomic E-state index is 10.7. The van der Waals surface area contributed by atoms with Crippen LogP contribution in [0.15, 0.2) is 0 Å². The molecule has 0 rings (SSSR count). The smallest absolute Gasteiger partial charge is 0.235 e. The third-order valence-electron chi connectivity index (χ3n) is 1.32. The van der Waals surface area contributed by atoms with Gasteiger partial charge >= 0.3 is 0 Å². The summed E-state index contributed by atoms with van der Waals surface area (Å²) in [5, 5.41) is 3.07. The number of amides is 1. The first kappa shape index (κ1) is 10.8. The van der Waals surface area contributed by atoms with Crippen LogP contribution >= 0.6 is 11.8 Å². The van der Waals surface area contributed by atoms with Gasteiger partial charge in [-0.05, 0) is 19.2 Å². The molecule has 0 aromatic carbocycles. The zero-order valence-corrected chi connectivity index (χ0v) is 7.91. The Labute approximate surface area is 72.1 Å². The van der Waals surface area contributed by atoms with Gasteiger partial charge in [-0.25, -0.2) is 0 Å². The average molecular weight is 176 g/mol. The molecule has 0 saturated heterocycles. The van der Waals surface area contributed by atoms with Crippen LogP contribution in [0.2, 0.25) is 0 Å². The monoisotopic (exact) mass is 176 g/mol. The number of carbonyl (C=O) groups excluding carboxylic acids is 1. The van der Waals surface area contributed by atoms with Gasteiger partial charge in [0, 0.05) is 5.75 Å². The van der Waals surface area contributed by atoms with E-state index < -0.39 is 0 Å². The predicted molar refractivity (Wildman–Crippen MR) is 49.7 cm³/mol. The highest BCUT2D eigenvalue weighted by Gasteiger charge is 2.11. The fourth-order valence-corrected chi connectivity index (χ4v) is 1.34. The molecule has 4 heteroatoms. The molecule has 3 nitrogen and oxygen atoms in total. The van der Waals surface area contributed by atoms with Crippen LogP contribution in [0.5, 0.6) is 0 Å². The Bertz CT molecular complexity index is 119. The average Bonchev–Trinajstić information content (AvgIpc) is 1.97. The van der Waals surface area contributed by atoms with Gasteiger partial charge in [0.15, 0.2) is 0 Å². The number of nitrogens with two attached hydrogens (primary N) is 1. The minimum absolute atomic E-state index is 0.162. The molecule has 0 aromatic rings. The number of hydrogen-bond acceptors (Lipinski definition) is 3. The van der Waals surface area contributed by atoms with Crippen molar-refractivity contribution in [1.29, 1.82) is 0 Å². The Balaban J connectivity index is 3.60. The lowest BCUT2D eigenvalue weighted by Crippen LogP contribution is -2.43. The molecule has 0 aliphatic heterocycles. The fraction of sp³-hybridized carbons (Fsp3) is 0.857. The van der Waals surface area contributed by atoms with E-state index in [9.17, 15) is 4.79 Å². The summed E-state index contributed by atoms with van der Waals surface area (Å²) in [5.74, 6) is 0.503.